The minimum Gasteiger partial charge on any atom is -0.376 e. The molecule has 158 valence electrons. The molecule has 1 fully saturated rings. The summed E-state index contributed by atoms with van der Waals surface area (Å²) in [6.45, 7) is 0.796. The Balaban J connectivity index is 1.76. The van der Waals surface area contributed by atoms with Crippen molar-refractivity contribution in [3.8, 4) is 11.3 Å². The third-order valence-corrected chi connectivity index (χ3v) is 5.04. The first kappa shape index (κ1) is 20.5. The first-order valence-electron chi connectivity index (χ1n) is 9.06. The van der Waals surface area contributed by atoms with Crippen LogP contribution in [0.2, 0.25) is 5.02 Å². The molecule has 3 heterocycles. The van der Waals surface area contributed by atoms with Gasteiger partial charge >= 0.3 is 6.18 Å². The van der Waals surface area contributed by atoms with E-state index in [0.29, 0.717) is 11.1 Å². The first-order valence-corrected chi connectivity index (χ1v) is 9.44. The van der Waals surface area contributed by atoms with Gasteiger partial charge in [-0.2, -0.15) is 18.3 Å². The Morgan fingerprint density at radius 1 is 1.30 bits per heavy atom. The summed E-state index contributed by atoms with van der Waals surface area (Å²) in [7, 11) is 0. The molecule has 1 amide bonds. The summed E-state index contributed by atoms with van der Waals surface area (Å²) >= 11 is 6.19. The van der Waals surface area contributed by atoms with E-state index in [9.17, 15) is 22.4 Å². The van der Waals surface area contributed by atoms with E-state index in [0.717, 1.165) is 31.0 Å². The summed E-state index contributed by atoms with van der Waals surface area (Å²) in [5.41, 5.74) is -1.68. The molecular weight excluding hydrogens is 428 g/mol. The number of halogens is 5. The highest BCUT2D eigenvalue weighted by Gasteiger charge is 2.36. The van der Waals surface area contributed by atoms with E-state index in [-0.39, 0.29) is 40.3 Å². The van der Waals surface area contributed by atoms with Crippen molar-refractivity contribution in [2.45, 2.75) is 25.1 Å². The van der Waals surface area contributed by atoms with Crippen molar-refractivity contribution in [1.29, 1.82) is 0 Å². The Hall–Kier alpha value is -2.72. The number of alkyl halides is 3. The minimum absolute atomic E-state index is 0.0806. The molecule has 1 aromatic carbocycles. The molecule has 1 aliphatic rings. The van der Waals surface area contributed by atoms with Crippen LogP contribution in [-0.2, 0) is 10.9 Å². The van der Waals surface area contributed by atoms with Gasteiger partial charge in [-0.1, -0.05) is 11.6 Å². The summed E-state index contributed by atoms with van der Waals surface area (Å²) in [6, 6.07) is 5.59. The van der Waals surface area contributed by atoms with Gasteiger partial charge in [-0.15, -0.1) is 0 Å². The lowest BCUT2D eigenvalue weighted by Crippen LogP contribution is -2.32. The van der Waals surface area contributed by atoms with Crippen LogP contribution in [0.4, 0.5) is 17.6 Å². The third-order valence-electron chi connectivity index (χ3n) is 4.69. The molecule has 30 heavy (non-hydrogen) atoms. The number of hydrogen-bond donors (Lipinski definition) is 1. The van der Waals surface area contributed by atoms with Gasteiger partial charge in [0.2, 0.25) is 0 Å². The molecule has 3 aromatic rings. The summed E-state index contributed by atoms with van der Waals surface area (Å²) in [5.74, 6) is -1.26. The first-order chi connectivity index (χ1) is 14.2. The average Bonchev–Trinajstić information content (AvgIpc) is 3.33. The second kappa shape index (κ2) is 7.84. The van der Waals surface area contributed by atoms with Gasteiger partial charge in [-0.25, -0.2) is 13.9 Å². The molecule has 0 saturated carbocycles. The largest absolute Gasteiger partial charge is 0.433 e. The SMILES string of the molecule is O=C(NC[C@H]1CCCO1)c1nn2c(C(F)(F)F)cc(-c3ccc(F)cc3)nc2c1Cl. The zero-order valence-electron chi connectivity index (χ0n) is 15.3. The number of rotatable bonds is 4. The Bertz CT molecular complexity index is 1090. The second-order valence-corrected chi connectivity index (χ2v) is 7.15. The highest BCUT2D eigenvalue weighted by atomic mass is 35.5. The Labute approximate surface area is 172 Å². The highest BCUT2D eigenvalue weighted by molar-refractivity contribution is 6.36. The van der Waals surface area contributed by atoms with Gasteiger partial charge in [0.1, 0.15) is 10.8 Å². The molecule has 0 aliphatic carbocycles. The maximum Gasteiger partial charge on any atom is 0.433 e. The summed E-state index contributed by atoms with van der Waals surface area (Å²) in [5, 5.41) is 6.03. The van der Waals surface area contributed by atoms with E-state index < -0.39 is 23.6 Å². The molecule has 6 nitrogen and oxygen atoms in total. The summed E-state index contributed by atoms with van der Waals surface area (Å²) in [4.78, 5) is 16.6. The Morgan fingerprint density at radius 3 is 2.67 bits per heavy atom. The number of ether oxygens (including phenoxy) is 1. The van der Waals surface area contributed by atoms with Gasteiger partial charge in [0, 0.05) is 18.7 Å². The monoisotopic (exact) mass is 442 g/mol. The molecule has 1 aliphatic heterocycles. The van der Waals surface area contributed by atoms with E-state index >= 15 is 0 Å². The van der Waals surface area contributed by atoms with Gasteiger partial charge in [0.25, 0.3) is 5.91 Å². The van der Waals surface area contributed by atoms with Crippen molar-refractivity contribution >= 4 is 23.2 Å². The molecule has 0 radical (unpaired) electrons. The van der Waals surface area contributed by atoms with Crippen LogP contribution in [0, 0.1) is 5.82 Å². The molecule has 11 heteroatoms. The van der Waals surface area contributed by atoms with Crippen LogP contribution in [0.1, 0.15) is 29.0 Å². The van der Waals surface area contributed by atoms with Crippen molar-refractivity contribution < 1.29 is 27.1 Å². The summed E-state index contributed by atoms with van der Waals surface area (Å²) < 4.78 is 60.1. The predicted molar refractivity (Wildman–Crippen MR) is 99.7 cm³/mol. The van der Waals surface area contributed by atoms with E-state index in [1.807, 2.05) is 0 Å². The number of hydrogen-bond acceptors (Lipinski definition) is 4. The lowest BCUT2D eigenvalue weighted by Gasteiger charge is -2.11. The lowest BCUT2D eigenvalue weighted by atomic mass is 10.1. The summed E-state index contributed by atoms with van der Waals surface area (Å²) in [6.07, 6.45) is -3.30. The topological polar surface area (TPSA) is 68.5 Å². The van der Waals surface area contributed by atoms with E-state index in [1.165, 1.54) is 12.1 Å². The van der Waals surface area contributed by atoms with Crippen molar-refractivity contribution in [2.75, 3.05) is 13.2 Å². The smallest absolute Gasteiger partial charge is 0.376 e. The van der Waals surface area contributed by atoms with Gasteiger partial charge in [0.15, 0.2) is 17.0 Å². The van der Waals surface area contributed by atoms with Crippen LogP contribution in [0.15, 0.2) is 30.3 Å². The van der Waals surface area contributed by atoms with Crippen molar-refractivity contribution in [3.63, 3.8) is 0 Å². The number of aromatic nitrogens is 3. The van der Waals surface area contributed by atoms with Crippen molar-refractivity contribution in [2.24, 2.45) is 0 Å². The van der Waals surface area contributed by atoms with Crippen LogP contribution >= 0.6 is 11.6 Å². The number of amides is 1. The normalized spacial score (nSPS) is 16.9. The standard InChI is InChI=1S/C19H15ClF4N4O2/c20-15-16(18(29)25-9-12-2-1-7-30-12)27-28-14(19(22,23)24)8-13(26-17(15)28)10-3-5-11(21)6-4-10/h3-6,8,12H,1-2,7,9H2,(H,25,29)/t12-/m1/s1. The fourth-order valence-corrected chi connectivity index (χ4v) is 3.45. The molecule has 0 bridgehead atoms. The second-order valence-electron chi connectivity index (χ2n) is 6.77. The fraction of sp³-hybridized carbons (Fsp3) is 0.316. The van der Waals surface area contributed by atoms with Crippen LogP contribution < -0.4 is 5.32 Å². The van der Waals surface area contributed by atoms with Gasteiger partial charge < -0.3 is 10.1 Å². The molecule has 1 saturated heterocycles. The van der Waals surface area contributed by atoms with Crippen LogP contribution in [-0.4, -0.2) is 39.8 Å². The number of carbonyl (C=O) groups excluding carboxylic acids is 1. The molecular formula is C19H15ClF4N4O2. The highest BCUT2D eigenvalue weighted by Crippen LogP contribution is 2.34. The van der Waals surface area contributed by atoms with Crippen LogP contribution in [0.25, 0.3) is 16.9 Å². The number of fused-ring (bicyclic) bond motifs is 1. The van der Waals surface area contributed by atoms with Gasteiger partial charge in [-0.3, -0.25) is 4.79 Å². The predicted octanol–water partition coefficient (Wildman–Crippen LogP) is 4.12. The quantitative estimate of drug-likeness (QED) is 0.617. The van der Waals surface area contributed by atoms with E-state index in [1.54, 1.807) is 0 Å². The molecule has 0 spiro atoms. The van der Waals surface area contributed by atoms with Crippen LogP contribution in [0.3, 0.4) is 0 Å². The minimum atomic E-state index is -4.79. The van der Waals surface area contributed by atoms with Crippen LogP contribution in [0.5, 0.6) is 0 Å². The maximum absolute atomic E-state index is 13.7. The number of nitrogens with zero attached hydrogens (tertiary/aromatic N) is 3. The number of benzene rings is 1. The third kappa shape index (κ3) is 3.97. The van der Waals surface area contributed by atoms with E-state index in [2.05, 4.69) is 15.4 Å². The average molecular weight is 443 g/mol. The van der Waals surface area contributed by atoms with Gasteiger partial charge in [-0.05, 0) is 43.2 Å². The Morgan fingerprint density at radius 2 is 2.03 bits per heavy atom. The molecule has 4 rings (SSSR count). The van der Waals surface area contributed by atoms with Gasteiger partial charge in [0.05, 0.1) is 11.8 Å². The van der Waals surface area contributed by atoms with Crippen molar-refractivity contribution in [1.82, 2.24) is 19.9 Å². The zero-order chi connectivity index (χ0) is 21.5. The number of carbonyl (C=O) groups is 1. The number of nitrogens with one attached hydrogen (secondary N) is 1. The molecule has 2 aromatic heterocycles. The van der Waals surface area contributed by atoms with Crippen molar-refractivity contribution in [3.05, 3.63) is 52.6 Å². The Kier molecular flexibility index (Phi) is 5.37. The molecule has 1 atom stereocenters. The lowest BCUT2D eigenvalue weighted by molar-refractivity contribution is -0.142. The molecule has 0 unspecified atom stereocenters. The zero-order valence-corrected chi connectivity index (χ0v) is 16.1. The fourth-order valence-electron chi connectivity index (χ4n) is 3.20. The molecule has 1 N–H and O–H groups in total. The maximum atomic E-state index is 13.7. The van der Waals surface area contributed by atoms with E-state index in [4.69, 9.17) is 16.3 Å².